The molecule has 2 aromatic rings. The van der Waals surface area contributed by atoms with Gasteiger partial charge in [0.2, 0.25) is 17.7 Å². The van der Waals surface area contributed by atoms with Crippen LogP contribution in [0.1, 0.15) is 42.4 Å². The van der Waals surface area contributed by atoms with Crippen molar-refractivity contribution in [1.29, 1.82) is 0 Å². The minimum absolute atomic E-state index is 0.00302. The third-order valence-electron chi connectivity index (χ3n) is 4.57. The van der Waals surface area contributed by atoms with Gasteiger partial charge in [0.15, 0.2) is 5.82 Å². The second-order valence-electron chi connectivity index (χ2n) is 6.60. The normalized spacial score (nSPS) is 22.0. The van der Waals surface area contributed by atoms with Gasteiger partial charge in [-0.15, -0.1) is 0 Å². The molecule has 0 amide bonds. The molecule has 0 bridgehead atoms. The predicted molar refractivity (Wildman–Crippen MR) is 92.2 cm³/mol. The van der Waals surface area contributed by atoms with E-state index >= 15 is 0 Å². The summed E-state index contributed by atoms with van der Waals surface area (Å²) in [5.74, 6) is -1.23. The zero-order valence-electron chi connectivity index (χ0n) is 14.4. The highest BCUT2D eigenvalue weighted by atomic mass is 19.1. The number of aryl methyl sites for hydroxylation is 1. The Kier molecular flexibility index (Phi) is 4.13. The van der Waals surface area contributed by atoms with Gasteiger partial charge in [0, 0.05) is 0 Å². The van der Waals surface area contributed by atoms with Crippen LogP contribution in [0.15, 0.2) is 18.2 Å². The Morgan fingerprint density at radius 3 is 2.75 bits per heavy atom. The molecule has 0 aliphatic heterocycles. The Labute approximate surface area is 141 Å². The lowest BCUT2D eigenvalue weighted by Crippen LogP contribution is -2.34. The molecule has 0 radical (unpaired) electrons. The fourth-order valence-electron chi connectivity index (χ4n) is 3.10. The number of rotatable bonds is 4. The van der Waals surface area contributed by atoms with E-state index in [-0.39, 0.29) is 17.8 Å². The molecule has 3 atom stereocenters. The molecule has 0 fully saturated rings. The Bertz CT molecular complexity index is 761. The van der Waals surface area contributed by atoms with Gasteiger partial charge < -0.3 is 11.1 Å². The van der Waals surface area contributed by atoms with Crippen LogP contribution < -0.4 is 16.4 Å². The number of hydrogen-bond acceptors (Lipinski definition) is 6. The second-order valence-corrected chi connectivity index (χ2v) is 6.60. The van der Waals surface area contributed by atoms with Crippen LogP contribution in [0.25, 0.3) is 0 Å². The number of hydrogen-bond donors (Lipinski definition) is 3. The summed E-state index contributed by atoms with van der Waals surface area (Å²) < 4.78 is 14.4. The molecule has 1 aromatic heterocycles. The molecule has 1 aliphatic rings. The molecule has 24 heavy (non-hydrogen) atoms. The van der Waals surface area contributed by atoms with Crippen LogP contribution in [-0.4, -0.2) is 22.0 Å². The lowest BCUT2D eigenvalue weighted by molar-refractivity contribution is 0.139. The molecule has 7 heteroatoms. The van der Waals surface area contributed by atoms with Gasteiger partial charge in [-0.25, -0.2) is 4.39 Å². The summed E-state index contributed by atoms with van der Waals surface area (Å²) >= 11 is 0. The summed E-state index contributed by atoms with van der Waals surface area (Å²) in [6.07, 6.45) is 0.984. The predicted octanol–water partition coefficient (Wildman–Crippen LogP) is 2.47. The molecule has 0 saturated heterocycles. The summed E-state index contributed by atoms with van der Waals surface area (Å²) in [6, 6.07) is 6.52. The van der Waals surface area contributed by atoms with Crippen molar-refractivity contribution in [3.63, 3.8) is 0 Å². The smallest absolute Gasteiger partial charge is 0.228 e. The number of halogens is 1. The van der Waals surface area contributed by atoms with Gasteiger partial charge in [0.25, 0.3) is 0 Å². The monoisotopic (exact) mass is 330 g/mol. The largest absolute Gasteiger partial charge is 0.368 e. The standard InChI is InChI=1S/C17H23FN6/c1-9-5-6-11-8-10(2)13(12(11)7-9)21-16-23-14(17(3,18)20-4)22-15(19)24-16/h5-7,10,13,20H,8H2,1-4H3,(H3,19,21,22,23,24). The number of fused-ring (bicyclic) bond motifs is 1. The molecule has 1 aromatic carbocycles. The van der Waals surface area contributed by atoms with Crippen LogP contribution in [0.3, 0.4) is 0 Å². The van der Waals surface area contributed by atoms with Crippen molar-refractivity contribution < 1.29 is 4.39 Å². The van der Waals surface area contributed by atoms with Gasteiger partial charge in [0.1, 0.15) is 0 Å². The number of nitrogens with zero attached hydrogens (tertiary/aromatic N) is 3. The lowest BCUT2D eigenvalue weighted by Gasteiger charge is -2.21. The fraction of sp³-hybridized carbons (Fsp3) is 0.471. The van der Waals surface area contributed by atoms with Crippen LogP contribution in [0.4, 0.5) is 16.3 Å². The average Bonchev–Trinajstić information content (AvgIpc) is 2.82. The first kappa shape index (κ1) is 16.6. The maximum atomic E-state index is 14.4. The Morgan fingerprint density at radius 2 is 2.04 bits per heavy atom. The number of alkyl halides is 1. The molecule has 3 rings (SSSR count). The first-order valence-corrected chi connectivity index (χ1v) is 8.06. The van der Waals surface area contributed by atoms with Crippen molar-refractivity contribution >= 4 is 11.9 Å². The van der Waals surface area contributed by atoms with Crippen LogP contribution in [0, 0.1) is 12.8 Å². The second kappa shape index (κ2) is 5.98. The van der Waals surface area contributed by atoms with E-state index < -0.39 is 5.79 Å². The molecule has 0 spiro atoms. The summed E-state index contributed by atoms with van der Waals surface area (Å²) in [7, 11) is 1.51. The van der Waals surface area contributed by atoms with Crippen LogP contribution in [0.2, 0.25) is 0 Å². The van der Waals surface area contributed by atoms with Gasteiger partial charge in [-0.1, -0.05) is 30.7 Å². The van der Waals surface area contributed by atoms with E-state index in [0.29, 0.717) is 11.9 Å². The van der Waals surface area contributed by atoms with E-state index in [1.165, 1.54) is 30.7 Å². The minimum Gasteiger partial charge on any atom is -0.368 e. The Morgan fingerprint density at radius 1 is 1.29 bits per heavy atom. The molecule has 128 valence electrons. The maximum absolute atomic E-state index is 14.4. The molecule has 6 nitrogen and oxygen atoms in total. The molecular weight excluding hydrogens is 307 g/mol. The molecule has 1 heterocycles. The third-order valence-corrected chi connectivity index (χ3v) is 4.57. The number of nitrogens with one attached hydrogen (secondary N) is 2. The quantitative estimate of drug-likeness (QED) is 0.746. The van der Waals surface area contributed by atoms with Gasteiger partial charge >= 0.3 is 0 Å². The van der Waals surface area contributed by atoms with Crippen LogP contribution in [0.5, 0.6) is 0 Å². The summed E-state index contributed by atoms with van der Waals surface area (Å²) in [5, 5.41) is 5.85. The van der Waals surface area contributed by atoms with E-state index in [9.17, 15) is 4.39 Å². The molecule has 4 N–H and O–H groups in total. The summed E-state index contributed by atoms with van der Waals surface area (Å²) in [5.41, 5.74) is 9.50. The lowest BCUT2D eigenvalue weighted by atomic mass is 10.0. The topological polar surface area (TPSA) is 88.8 Å². The first-order chi connectivity index (χ1) is 11.3. The van der Waals surface area contributed by atoms with Crippen molar-refractivity contribution in [1.82, 2.24) is 20.3 Å². The van der Waals surface area contributed by atoms with Crippen molar-refractivity contribution in [3.05, 3.63) is 40.7 Å². The third kappa shape index (κ3) is 3.03. The zero-order chi connectivity index (χ0) is 17.5. The van der Waals surface area contributed by atoms with Crippen LogP contribution in [-0.2, 0) is 12.2 Å². The van der Waals surface area contributed by atoms with Crippen molar-refractivity contribution in [2.45, 2.75) is 39.0 Å². The number of anilines is 2. The molecule has 1 aliphatic carbocycles. The number of nitrogens with two attached hydrogens (primary N) is 1. The fourth-order valence-corrected chi connectivity index (χ4v) is 3.10. The van der Waals surface area contributed by atoms with E-state index in [2.05, 4.69) is 57.6 Å². The van der Waals surface area contributed by atoms with E-state index in [4.69, 9.17) is 5.73 Å². The van der Waals surface area contributed by atoms with E-state index in [1.807, 2.05) is 0 Å². The zero-order valence-corrected chi connectivity index (χ0v) is 14.4. The SMILES string of the molecule is CNC(C)(F)c1nc(N)nc(NC2c3cc(C)ccc3CC2C)n1. The highest BCUT2D eigenvalue weighted by molar-refractivity contribution is 5.44. The van der Waals surface area contributed by atoms with Crippen molar-refractivity contribution in [3.8, 4) is 0 Å². The Balaban J connectivity index is 1.94. The number of nitrogen functional groups attached to an aromatic ring is 1. The summed E-state index contributed by atoms with van der Waals surface area (Å²) in [4.78, 5) is 12.2. The van der Waals surface area contributed by atoms with Gasteiger partial charge in [-0.2, -0.15) is 15.0 Å². The van der Waals surface area contributed by atoms with Gasteiger partial charge in [0.05, 0.1) is 6.04 Å². The van der Waals surface area contributed by atoms with Crippen molar-refractivity contribution in [2.24, 2.45) is 5.92 Å². The van der Waals surface area contributed by atoms with Crippen LogP contribution >= 0.6 is 0 Å². The number of aromatic nitrogens is 3. The average molecular weight is 330 g/mol. The molecule has 0 saturated carbocycles. The Hall–Kier alpha value is -2.28. The maximum Gasteiger partial charge on any atom is 0.228 e. The minimum atomic E-state index is -1.87. The molecular formula is C17H23FN6. The highest BCUT2D eigenvalue weighted by Gasteiger charge is 2.32. The van der Waals surface area contributed by atoms with E-state index in [1.54, 1.807) is 0 Å². The van der Waals surface area contributed by atoms with Crippen molar-refractivity contribution in [2.75, 3.05) is 18.1 Å². The highest BCUT2D eigenvalue weighted by Crippen LogP contribution is 2.38. The van der Waals surface area contributed by atoms with Gasteiger partial charge in [-0.3, -0.25) is 5.32 Å². The number of benzene rings is 1. The van der Waals surface area contributed by atoms with E-state index in [0.717, 1.165) is 6.42 Å². The summed E-state index contributed by atoms with van der Waals surface area (Å²) in [6.45, 7) is 5.59. The first-order valence-electron chi connectivity index (χ1n) is 8.06. The molecule has 3 unspecified atom stereocenters. The van der Waals surface area contributed by atoms with Gasteiger partial charge in [-0.05, 0) is 44.4 Å².